The molecule has 0 spiro atoms. The molecule has 0 aliphatic carbocycles. The number of nitrogens with two attached hydrogens (primary N) is 2. The van der Waals surface area contributed by atoms with Gasteiger partial charge in [0.1, 0.15) is 36.6 Å². The lowest BCUT2D eigenvalue weighted by molar-refractivity contribution is -0.117. The van der Waals surface area contributed by atoms with Gasteiger partial charge in [0.2, 0.25) is 5.91 Å². The van der Waals surface area contributed by atoms with Gasteiger partial charge in [0.05, 0.1) is 12.0 Å². The number of ether oxygens (including phenoxy) is 2. The van der Waals surface area contributed by atoms with Crippen molar-refractivity contribution in [3.63, 3.8) is 0 Å². The molecule has 0 saturated carbocycles. The van der Waals surface area contributed by atoms with Crippen LogP contribution in [0.2, 0.25) is 0 Å². The largest absolute Gasteiger partial charge is 0.507 e. The third kappa shape index (κ3) is 8.61. The summed E-state index contributed by atoms with van der Waals surface area (Å²) in [6.07, 6.45) is -0.609. The molecule has 190 valence electrons. The normalized spacial score (nSPS) is 11.7. The summed E-state index contributed by atoms with van der Waals surface area (Å²) in [6.45, 7) is 1.78. The standard InChI is InChI=1S/C27H31N3O6/c28-26(33)14-19-6-8-22(9-7-19)36-18-21(31)17-30(16-20-4-2-1-3-5-20)12-13-35-23-10-11-25(32)24(15-23)27(29)34/h1-11,15,21,31-32H,12-14,16-18H2,(H2,28,33)(H2,29,34). The summed E-state index contributed by atoms with van der Waals surface area (Å²) in [5.74, 6) is -0.358. The van der Waals surface area contributed by atoms with Crippen molar-refractivity contribution >= 4 is 11.8 Å². The van der Waals surface area contributed by atoms with Gasteiger partial charge in [0, 0.05) is 19.6 Å². The third-order valence-electron chi connectivity index (χ3n) is 5.37. The fraction of sp³-hybridized carbons (Fsp3) is 0.259. The first-order valence-electron chi connectivity index (χ1n) is 11.5. The maximum Gasteiger partial charge on any atom is 0.252 e. The average Bonchev–Trinajstić information content (AvgIpc) is 2.84. The molecule has 9 heteroatoms. The molecule has 0 aromatic heterocycles. The van der Waals surface area contributed by atoms with Gasteiger partial charge >= 0.3 is 0 Å². The van der Waals surface area contributed by atoms with E-state index in [1.54, 1.807) is 30.3 Å². The van der Waals surface area contributed by atoms with Crippen molar-refractivity contribution in [2.75, 3.05) is 26.3 Å². The summed E-state index contributed by atoms with van der Waals surface area (Å²) in [6, 6.07) is 21.2. The SMILES string of the molecule is NC(=O)Cc1ccc(OCC(O)CN(CCOc2ccc(O)c(C(N)=O)c2)Cc2ccccc2)cc1. The van der Waals surface area contributed by atoms with Crippen molar-refractivity contribution in [1.29, 1.82) is 0 Å². The Kier molecular flexibility index (Phi) is 9.67. The number of amides is 2. The first-order chi connectivity index (χ1) is 17.3. The van der Waals surface area contributed by atoms with Gasteiger partial charge in [0.25, 0.3) is 5.91 Å². The van der Waals surface area contributed by atoms with E-state index in [0.717, 1.165) is 11.1 Å². The lowest BCUT2D eigenvalue weighted by Crippen LogP contribution is -2.37. The van der Waals surface area contributed by atoms with E-state index in [1.165, 1.54) is 12.1 Å². The summed E-state index contributed by atoms with van der Waals surface area (Å²) in [4.78, 5) is 24.5. The van der Waals surface area contributed by atoms with Crippen molar-refractivity contribution in [3.05, 3.63) is 89.5 Å². The van der Waals surface area contributed by atoms with Crippen LogP contribution in [0.5, 0.6) is 17.2 Å². The summed E-state index contributed by atoms with van der Waals surface area (Å²) in [7, 11) is 0. The number of nitrogens with zero attached hydrogens (tertiary/aromatic N) is 1. The maximum absolute atomic E-state index is 11.4. The number of hydrogen-bond acceptors (Lipinski definition) is 7. The van der Waals surface area contributed by atoms with Gasteiger partial charge in [-0.1, -0.05) is 42.5 Å². The zero-order valence-corrected chi connectivity index (χ0v) is 19.9. The number of carbonyl (C=O) groups excluding carboxylic acids is 2. The van der Waals surface area contributed by atoms with E-state index in [9.17, 15) is 19.8 Å². The molecule has 0 bridgehead atoms. The minimum Gasteiger partial charge on any atom is -0.507 e. The second kappa shape index (κ2) is 13.1. The van der Waals surface area contributed by atoms with Crippen LogP contribution < -0.4 is 20.9 Å². The first kappa shape index (κ1) is 26.5. The van der Waals surface area contributed by atoms with Gasteiger partial charge in [0.15, 0.2) is 0 Å². The molecule has 0 radical (unpaired) electrons. The van der Waals surface area contributed by atoms with Crippen LogP contribution in [0.4, 0.5) is 0 Å². The Morgan fingerprint density at radius 3 is 2.25 bits per heavy atom. The molecular weight excluding hydrogens is 462 g/mol. The number of phenols is 1. The minimum atomic E-state index is -0.769. The second-order valence-corrected chi connectivity index (χ2v) is 8.36. The number of aromatic hydroxyl groups is 1. The lowest BCUT2D eigenvalue weighted by atomic mass is 10.1. The van der Waals surface area contributed by atoms with E-state index in [1.807, 2.05) is 35.2 Å². The number of aliphatic hydroxyl groups excluding tert-OH is 1. The Bertz CT molecular complexity index is 1140. The highest BCUT2D eigenvalue weighted by Gasteiger charge is 2.15. The molecule has 0 aliphatic heterocycles. The third-order valence-corrected chi connectivity index (χ3v) is 5.37. The highest BCUT2D eigenvalue weighted by molar-refractivity contribution is 5.95. The van der Waals surface area contributed by atoms with Crippen LogP contribution in [-0.4, -0.2) is 59.3 Å². The van der Waals surface area contributed by atoms with E-state index in [4.69, 9.17) is 20.9 Å². The molecule has 36 heavy (non-hydrogen) atoms. The van der Waals surface area contributed by atoms with Crippen LogP contribution in [0.1, 0.15) is 21.5 Å². The fourth-order valence-corrected chi connectivity index (χ4v) is 3.62. The van der Waals surface area contributed by atoms with E-state index in [-0.39, 0.29) is 30.9 Å². The quantitative estimate of drug-likeness (QED) is 0.268. The van der Waals surface area contributed by atoms with Crippen molar-refractivity contribution in [1.82, 2.24) is 4.90 Å². The lowest BCUT2D eigenvalue weighted by Gasteiger charge is -2.25. The topological polar surface area (TPSA) is 148 Å². The van der Waals surface area contributed by atoms with E-state index < -0.39 is 17.9 Å². The molecule has 1 unspecified atom stereocenters. The summed E-state index contributed by atoms with van der Waals surface area (Å²) in [5.41, 5.74) is 12.3. The number of hydrogen-bond donors (Lipinski definition) is 4. The molecule has 0 aliphatic rings. The monoisotopic (exact) mass is 493 g/mol. The smallest absolute Gasteiger partial charge is 0.252 e. The van der Waals surface area contributed by atoms with Gasteiger partial charge in [-0.15, -0.1) is 0 Å². The second-order valence-electron chi connectivity index (χ2n) is 8.36. The van der Waals surface area contributed by atoms with Crippen molar-refractivity contribution < 1.29 is 29.3 Å². The molecule has 2 amide bonds. The summed E-state index contributed by atoms with van der Waals surface area (Å²) in [5, 5.41) is 20.4. The highest BCUT2D eigenvalue weighted by Crippen LogP contribution is 2.22. The zero-order chi connectivity index (χ0) is 25.9. The molecule has 3 aromatic rings. The van der Waals surface area contributed by atoms with Gasteiger partial charge in [-0.05, 0) is 41.5 Å². The number of rotatable bonds is 14. The van der Waals surface area contributed by atoms with Gasteiger partial charge < -0.3 is 31.2 Å². The highest BCUT2D eigenvalue weighted by atomic mass is 16.5. The summed E-state index contributed by atoms with van der Waals surface area (Å²) >= 11 is 0. The Morgan fingerprint density at radius 1 is 0.889 bits per heavy atom. The number of benzene rings is 3. The Morgan fingerprint density at radius 2 is 1.58 bits per heavy atom. The van der Waals surface area contributed by atoms with Crippen molar-refractivity contribution in [3.8, 4) is 17.2 Å². The Labute approximate surface area is 209 Å². The van der Waals surface area contributed by atoms with Crippen LogP contribution in [-0.2, 0) is 17.8 Å². The number of primary amides is 2. The summed E-state index contributed by atoms with van der Waals surface area (Å²) < 4.78 is 11.5. The minimum absolute atomic E-state index is 0.0103. The van der Waals surface area contributed by atoms with Crippen molar-refractivity contribution in [2.24, 2.45) is 11.5 Å². The van der Waals surface area contributed by atoms with E-state index >= 15 is 0 Å². The molecule has 3 rings (SSSR count). The van der Waals surface area contributed by atoms with Crippen molar-refractivity contribution in [2.45, 2.75) is 19.1 Å². The molecular formula is C27H31N3O6. The Balaban J connectivity index is 1.56. The van der Waals surface area contributed by atoms with Crippen LogP contribution >= 0.6 is 0 Å². The molecule has 0 heterocycles. The molecule has 9 nitrogen and oxygen atoms in total. The molecule has 3 aromatic carbocycles. The van der Waals surface area contributed by atoms with Gasteiger partial charge in [-0.2, -0.15) is 0 Å². The van der Waals surface area contributed by atoms with Crippen LogP contribution in [0.3, 0.4) is 0 Å². The van der Waals surface area contributed by atoms with E-state index in [2.05, 4.69) is 0 Å². The van der Waals surface area contributed by atoms with E-state index in [0.29, 0.717) is 31.1 Å². The van der Waals surface area contributed by atoms with Crippen LogP contribution in [0.25, 0.3) is 0 Å². The first-order valence-corrected chi connectivity index (χ1v) is 11.5. The molecule has 6 N–H and O–H groups in total. The van der Waals surface area contributed by atoms with Crippen LogP contribution in [0.15, 0.2) is 72.8 Å². The Hall–Kier alpha value is -4.08. The molecule has 0 fully saturated rings. The maximum atomic E-state index is 11.4. The van der Waals surface area contributed by atoms with Gasteiger partial charge in [-0.3, -0.25) is 14.5 Å². The number of aliphatic hydroxyl groups is 1. The number of carbonyl (C=O) groups is 2. The average molecular weight is 494 g/mol. The van der Waals surface area contributed by atoms with Gasteiger partial charge in [-0.25, -0.2) is 0 Å². The predicted octanol–water partition coefficient (Wildman–Crippen LogP) is 1.84. The fourth-order valence-electron chi connectivity index (χ4n) is 3.62. The predicted molar refractivity (Wildman–Crippen MR) is 135 cm³/mol. The molecule has 0 saturated heterocycles. The zero-order valence-electron chi connectivity index (χ0n) is 19.9. The van der Waals surface area contributed by atoms with Crippen LogP contribution in [0, 0.1) is 0 Å². The molecule has 1 atom stereocenters.